The topological polar surface area (TPSA) is 77.6 Å². The van der Waals surface area contributed by atoms with Crippen LogP contribution in [0.3, 0.4) is 0 Å². The number of rotatable bonds is 3. The summed E-state index contributed by atoms with van der Waals surface area (Å²) in [7, 11) is 0. The Labute approximate surface area is 162 Å². The highest BCUT2D eigenvalue weighted by atomic mass is 16.4. The molecule has 0 aliphatic carbocycles. The Kier molecular flexibility index (Phi) is 4.92. The van der Waals surface area contributed by atoms with Gasteiger partial charge < -0.3 is 9.32 Å². The molecule has 0 unspecified atom stereocenters. The smallest absolute Gasteiger partial charge is 0.349 e. The summed E-state index contributed by atoms with van der Waals surface area (Å²) in [6.45, 7) is 3.34. The molecule has 1 aliphatic rings. The lowest BCUT2D eigenvalue weighted by atomic mass is 10.1. The van der Waals surface area contributed by atoms with Gasteiger partial charge in [0, 0.05) is 38.1 Å². The summed E-state index contributed by atoms with van der Waals surface area (Å²) in [6, 6.07) is 18.4. The van der Waals surface area contributed by atoms with E-state index in [-0.39, 0.29) is 11.5 Å². The van der Waals surface area contributed by atoms with E-state index in [4.69, 9.17) is 9.68 Å². The number of benzene rings is 2. The lowest BCUT2D eigenvalue weighted by Crippen LogP contribution is -2.49. The van der Waals surface area contributed by atoms with Crippen LogP contribution in [-0.4, -0.2) is 41.9 Å². The van der Waals surface area contributed by atoms with Gasteiger partial charge in [-0.05, 0) is 29.8 Å². The number of nitrogens with zero attached hydrogens (tertiary/aromatic N) is 3. The normalized spacial score (nSPS) is 14.8. The molecule has 1 saturated heterocycles. The first-order valence-electron chi connectivity index (χ1n) is 9.17. The van der Waals surface area contributed by atoms with E-state index in [1.54, 1.807) is 23.1 Å². The van der Waals surface area contributed by atoms with Gasteiger partial charge in [-0.2, -0.15) is 5.26 Å². The SMILES string of the molecule is N#Cc1ccc(CN2CCN(C(=O)c3cc4ccccc4oc3=O)CC2)cc1. The second kappa shape index (κ2) is 7.67. The number of hydrogen-bond acceptors (Lipinski definition) is 5. The molecule has 28 heavy (non-hydrogen) atoms. The molecule has 4 rings (SSSR count). The first-order valence-corrected chi connectivity index (χ1v) is 9.17. The summed E-state index contributed by atoms with van der Waals surface area (Å²) in [5.74, 6) is -0.280. The third-order valence-electron chi connectivity index (χ3n) is 5.02. The fourth-order valence-corrected chi connectivity index (χ4v) is 3.43. The van der Waals surface area contributed by atoms with Crippen LogP contribution in [0.5, 0.6) is 0 Å². The minimum Gasteiger partial charge on any atom is -0.422 e. The van der Waals surface area contributed by atoms with Crippen molar-refractivity contribution >= 4 is 16.9 Å². The molecule has 6 heteroatoms. The largest absolute Gasteiger partial charge is 0.422 e. The number of fused-ring (bicyclic) bond motifs is 1. The molecule has 3 aromatic rings. The number of carbonyl (C=O) groups excluding carboxylic acids is 1. The van der Waals surface area contributed by atoms with Gasteiger partial charge in [-0.15, -0.1) is 0 Å². The first kappa shape index (κ1) is 18.0. The van der Waals surface area contributed by atoms with Crippen molar-refractivity contribution in [1.29, 1.82) is 5.26 Å². The first-order chi connectivity index (χ1) is 13.6. The Morgan fingerprint density at radius 1 is 1.04 bits per heavy atom. The van der Waals surface area contributed by atoms with E-state index >= 15 is 0 Å². The van der Waals surface area contributed by atoms with Gasteiger partial charge in [0.05, 0.1) is 11.6 Å². The fraction of sp³-hybridized carbons (Fsp3) is 0.227. The van der Waals surface area contributed by atoms with Crippen LogP contribution in [0.2, 0.25) is 0 Å². The highest BCUT2D eigenvalue weighted by Gasteiger charge is 2.25. The van der Waals surface area contributed by atoms with Crippen molar-refractivity contribution in [3.8, 4) is 6.07 Å². The molecule has 0 bridgehead atoms. The van der Waals surface area contributed by atoms with Crippen LogP contribution in [0.15, 0.2) is 63.8 Å². The van der Waals surface area contributed by atoms with Crippen molar-refractivity contribution < 1.29 is 9.21 Å². The van der Waals surface area contributed by atoms with Gasteiger partial charge >= 0.3 is 5.63 Å². The molecular formula is C22H19N3O3. The molecule has 0 radical (unpaired) electrons. The third kappa shape index (κ3) is 3.66. The number of nitriles is 1. The van der Waals surface area contributed by atoms with Gasteiger partial charge in [0.1, 0.15) is 11.1 Å². The van der Waals surface area contributed by atoms with Gasteiger partial charge in [0.2, 0.25) is 0 Å². The van der Waals surface area contributed by atoms with Crippen LogP contribution < -0.4 is 5.63 Å². The molecule has 0 saturated carbocycles. The number of hydrogen-bond donors (Lipinski definition) is 0. The standard InChI is InChI=1S/C22H19N3O3/c23-14-16-5-7-17(8-6-16)15-24-9-11-25(12-10-24)21(26)19-13-18-3-1-2-4-20(18)28-22(19)27/h1-8,13H,9-12,15H2. The minimum atomic E-state index is -0.594. The zero-order valence-electron chi connectivity index (χ0n) is 15.3. The van der Waals surface area contributed by atoms with Crippen molar-refractivity contribution in [2.24, 2.45) is 0 Å². The summed E-state index contributed by atoms with van der Waals surface area (Å²) in [5.41, 5.74) is 1.75. The number of carbonyl (C=O) groups is 1. The van der Waals surface area contributed by atoms with Gasteiger partial charge in [-0.3, -0.25) is 9.69 Å². The van der Waals surface area contributed by atoms with E-state index < -0.39 is 5.63 Å². The molecule has 1 amide bonds. The molecule has 140 valence electrons. The average molecular weight is 373 g/mol. The highest BCUT2D eigenvalue weighted by Crippen LogP contribution is 2.15. The second-order valence-electron chi connectivity index (χ2n) is 6.86. The Hall–Kier alpha value is -3.43. The fourth-order valence-electron chi connectivity index (χ4n) is 3.43. The van der Waals surface area contributed by atoms with Crippen molar-refractivity contribution in [3.05, 3.63) is 81.7 Å². The Bertz CT molecular complexity index is 1100. The predicted molar refractivity (Wildman–Crippen MR) is 105 cm³/mol. The summed E-state index contributed by atoms with van der Waals surface area (Å²) in [6.07, 6.45) is 0. The molecule has 1 aromatic heterocycles. The molecule has 1 aliphatic heterocycles. The monoisotopic (exact) mass is 373 g/mol. The summed E-state index contributed by atoms with van der Waals surface area (Å²) < 4.78 is 5.29. The van der Waals surface area contributed by atoms with E-state index in [1.807, 2.05) is 36.4 Å². The van der Waals surface area contributed by atoms with E-state index in [9.17, 15) is 9.59 Å². The van der Waals surface area contributed by atoms with Crippen molar-refractivity contribution in [1.82, 2.24) is 9.80 Å². The van der Waals surface area contributed by atoms with Crippen molar-refractivity contribution in [3.63, 3.8) is 0 Å². The maximum Gasteiger partial charge on any atom is 0.349 e. The van der Waals surface area contributed by atoms with Gasteiger partial charge in [-0.1, -0.05) is 30.3 Å². The summed E-state index contributed by atoms with van der Waals surface area (Å²) >= 11 is 0. The molecule has 0 N–H and O–H groups in total. The maximum atomic E-state index is 12.8. The van der Waals surface area contributed by atoms with E-state index in [1.165, 1.54) is 0 Å². The average Bonchev–Trinajstić information content (AvgIpc) is 2.74. The van der Waals surface area contributed by atoms with Gasteiger partial charge in [0.15, 0.2) is 0 Å². The number of amides is 1. The van der Waals surface area contributed by atoms with E-state index in [2.05, 4.69) is 11.0 Å². The van der Waals surface area contributed by atoms with E-state index in [0.717, 1.165) is 30.6 Å². The van der Waals surface area contributed by atoms with E-state index in [0.29, 0.717) is 24.2 Å². The highest BCUT2D eigenvalue weighted by molar-refractivity contribution is 5.96. The maximum absolute atomic E-state index is 12.8. The van der Waals surface area contributed by atoms with Crippen LogP contribution >= 0.6 is 0 Å². The summed E-state index contributed by atoms with van der Waals surface area (Å²) in [4.78, 5) is 29.0. The Balaban J connectivity index is 1.42. The van der Waals surface area contributed by atoms with Crippen LogP contribution in [0.25, 0.3) is 11.0 Å². The quantitative estimate of drug-likeness (QED) is 0.660. The third-order valence-corrected chi connectivity index (χ3v) is 5.02. The molecule has 0 atom stereocenters. The van der Waals surface area contributed by atoms with Crippen LogP contribution in [0.1, 0.15) is 21.5 Å². The van der Waals surface area contributed by atoms with Gasteiger partial charge in [0.25, 0.3) is 5.91 Å². The van der Waals surface area contributed by atoms with Crippen LogP contribution in [0, 0.1) is 11.3 Å². The second-order valence-corrected chi connectivity index (χ2v) is 6.86. The molecule has 1 fully saturated rings. The molecule has 2 heterocycles. The van der Waals surface area contributed by atoms with Crippen LogP contribution in [0.4, 0.5) is 0 Å². The van der Waals surface area contributed by atoms with Crippen molar-refractivity contribution in [2.45, 2.75) is 6.54 Å². The zero-order valence-corrected chi connectivity index (χ0v) is 15.3. The van der Waals surface area contributed by atoms with Gasteiger partial charge in [-0.25, -0.2) is 4.79 Å². The number of piperazine rings is 1. The lowest BCUT2D eigenvalue weighted by molar-refractivity contribution is 0.0624. The lowest BCUT2D eigenvalue weighted by Gasteiger charge is -2.34. The predicted octanol–water partition coefficient (Wildman–Crippen LogP) is 2.62. The van der Waals surface area contributed by atoms with Crippen molar-refractivity contribution in [2.75, 3.05) is 26.2 Å². The Morgan fingerprint density at radius 3 is 2.46 bits per heavy atom. The Morgan fingerprint density at radius 2 is 1.75 bits per heavy atom. The molecule has 0 spiro atoms. The molecular weight excluding hydrogens is 354 g/mol. The van der Waals surface area contributed by atoms with Crippen LogP contribution in [-0.2, 0) is 6.54 Å². The minimum absolute atomic E-state index is 0.0826. The summed E-state index contributed by atoms with van der Waals surface area (Å²) in [5, 5.41) is 9.62. The molecule has 2 aromatic carbocycles. The number of para-hydroxylation sites is 1. The zero-order chi connectivity index (χ0) is 19.5. The molecule has 6 nitrogen and oxygen atoms in total.